The molecule has 1 aromatic rings. The fraction of sp³-hybridized carbons (Fsp3) is 0.455. The van der Waals surface area contributed by atoms with Crippen molar-refractivity contribution in [2.24, 2.45) is 0 Å². The summed E-state index contributed by atoms with van der Waals surface area (Å²) in [5, 5.41) is 12.4. The Morgan fingerprint density at radius 2 is 2.21 bits per heavy atom. The Bertz CT molecular complexity index is 301. The third-order valence-electron chi connectivity index (χ3n) is 2.19. The Kier molecular flexibility index (Phi) is 3.89. The van der Waals surface area contributed by atoms with Crippen LogP contribution in [-0.2, 0) is 0 Å². The number of hydrogen-bond acceptors (Lipinski definition) is 2. The van der Waals surface area contributed by atoms with E-state index in [-0.39, 0.29) is 11.9 Å². The Balaban J connectivity index is 2.59. The number of hydrogen-bond donors (Lipinski definition) is 2. The highest BCUT2D eigenvalue weighted by molar-refractivity contribution is 5.50. The Morgan fingerprint density at radius 3 is 2.79 bits per heavy atom. The average molecular weight is 197 g/mol. The van der Waals surface area contributed by atoms with Crippen LogP contribution in [0.3, 0.4) is 0 Å². The van der Waals surface area contributed by atoms with Gasteiger partial charge in [0.15, 0.2) is 0 Å². The molecule has 0 aromatic heterocycles. The van der Waals surface area contributed by atoms with E-state index in [1.807, 2.05) is 13.8 Å². The van der Waals surface area contributed by atoms with E-state index in [1.54, 1.807) is 6.07 Å². The lowest BCUT2D eigenvalue weighted by atomic mass is 10.2. The van der Waals surface area contributed by atoms with Crippen LogP contribution >= 0.6 is 0 Å². The van der Waals surface area contributed by atoms with Crippen molar-refractivity contribution in [3.05, 3.63) is 29.6 Å². The summed E-state index contributed by atoms with van der Waals surface area (Å²) in [6.07, 6.45) is 0.368. The van der Waals surface area contributed by atoms with Gasteiger partial charge in [-0.05, 0) is 37.1 Å². The number of anilines is 1. The van der Waals surface area contributed by atoms with Crippen LogP contribution in [0, 0.1) is 12.7 Å². The standard InChI is InChI=1S/C11H16FNO/c1-3-10(14)7-13-11-5-4-9(12)6-8(11)2/h4-6,10,13-14H,3,7H2,1-2H3. The third-order valence-corrected chi connectivity index (χ3v) is 2.19. The zero-order valence-corrected chi connectivity index (χ0v) is 8.55. The van der Waals surface area contributed by atoms with Gasteiger partial charge in [-0.2, -0.15) is 0 Å². The summed E-state index contributed by atoms with van der Waals surface area (Å²) in [6, 6.07) is 4.57. The highest BCUT2D eigenvalue weighted by atomic mass is 19.1. The molecular formula is C11H16FNO. The Morgan fingerprint density at radius 1 is 1.50 bits per heavy atom. The van der Waals surface area contributed by atoms with Crippen molar-refractivity contribution in [1.29, 1.82) is 0 Å². The smallest absolute Gasteiger partial charge is 0.123 e. The molecule has 2 nitrogen and oxygen atoms in total. The lowest BCUT2D eigenvalue weighted by Gasteiger charge is -2.12. The van der Waals surface area contributed by atoms with E-state index >= 15 is 0 Å². The third kappa shape index (κ3) is 3.00. The summed E-state index contributed by atoms with van der Waals surface area (Å²) < 4.78 is 12.7. The molecule has 0 amide bonds. The SMILES string of the molecule is CCC(O)CNc1ccc(F)cc1C. The van der Waals surface area contributed by atoms with Gasteiger partial charge in [0.2, 0.25) is 0 Å². The first kappa shape index (κ1) is 11.0. The molecule has 1 atom stereocenters. The van der Waals surface area contributed by atoms with E-state index in [1.165, 1.54) is 12.1 Å². The maximum Gasteiger partial charge on any atom is 0.123 e. The van der Waals surface area contributed by atoms with E-state index < -0.39 is 0 Å². The van der Waals surface area contributed by atoms with Crippen LogP contribution < -0.4 is 5.32 Å². The molecule has 14 heavy (non-hydrogen) atoms. The van der Waals surface area contributed by atoms with Crippen molar-refractivity contribution >= 4 is 5.69 Å². The largest absolute Gasteiger partial charge is 0.391 e. The number of rotatable bonds is 4. The first-order valence-electron chi connectivity index (χ1n) is 4.81. The minimum absolute atomic E-state index is 0.232. The lowest BCUT2D eigenvalue weighted by Crippen LogP contribution is -2.18. The fourth-order valence-corrected chi connectivity index (χ4v) is 1.20. The summed E-state index contributed by atoms with van der Waals surface area (Å²) in [7, 11) is 0. The fourth-order valence-electron chi connectivity index (χ4n) is 1.20. The van der Waals surface area contributed by atoms with Crippen LogP contribution in [0.15, 0.2) is 18.2 Å². The van der Waals surface area contributed by atoms with Gasteiger partial charge in [-0.1, -0.05) is 6.92 Å². The number of halogens is 1. The molecule has 0 heterocycles. The van der Waals surface area contributed by atoms with Crippen LogP contribution in [0.4, 0.5) is 10.1 Å². The van der Waals surface area contributed by atoms with Crippen molar-refractivity contribution in [3.63, 3.8) is 0 Å². The van der Waals surface area contributed by atoms with E-state index in [2.05, 4.69) is 5.32 Å². The summed E-state index contributed by atoms with van der Waals surface area (Å²) in [6.45, 7) is 4.26. The monoisotopic (exact) mass is 197 g/mol. The van der Waals surface area contributed by atoms with Gasteiger partial charge in [-0.25, -0.2) is 4.39 Å². The van der Waals surface area contributed by atoms with E-state index in [0.29, 0.717) is 13.0 Å². The molecule has 1 aromatic carbocycles. The van der Waals surface area contributed by atoms with Crippen LogP contribution in [0.1, 0.15) is 18.9 Å². The van der Waals surface area contributed by atoms with Gasteiger partial charge >= 0.3 is 0 Å². The zero-order chi connectivity index (χ0) is 10.6. The molecule has 0 saturated carbocycles. The van der Waals surface area contributed by atoms with Gasteiger partial charge in [0, 0.05) is 12.2 Å². The van der Waals surface area contributed by atoms with E-state index in [9.17, 15) is 9.50 Å². The summed E-state index contributed by atoms with van der Waals surface area (Å²) in [5.74, 6) is -0.232. The van der Waals surface area contributed by atoms with Gasteiger partial charge in [0.05, 0.1) is 6.10 Å². The van der Waals surface area contributed by atoms with Crippen molar-refractivity contribution in [2.45, 2.75) is 26.4 Å². The van der Waals surface area contributed by atoms with Crippen LogP contribution in [0.25, 0.3) is 0 Å². The molecule has 1 rings (SSSR count). The van der Waals surface area contributed by atoms with Gasteiger partial charge in [-0.15, -0.1) is 0 Å². The van der Waals surface area contributed by atoms with E-state index in [4.69, 9.17) is 0 Å². The maximum absolute atomic E-state index is 12.7. The maximum atomic E-state index is 12.7. The normalized spacial score (nSPS) is 12.6. The highest BCUT2D eigenvalue weighted by Crippen LogP contribution is 2.15. The highest BCUT2D eigenvalue weighted by Gasteiger charge is 2.02. The number of benzene rings is 1. The molecule has 0 spiro atoms. The van der Waals surface area contributed by atoms with Crippen molar-refractivity contribution in [1.82, 2.24) is 0 Å². The second kappa shape index (κ2) is 4.96. The van der Waals surface area contributed by atoms with Gasteiger partial charge in [-0.3, -0.25) is 0 Å². The number of aliphatic hydroxyl groups is 1. The van der Waals surface area contributed by atoms with Crippen molar-refractivity contribution < 1.29 is 9.50 Å². The van der Waals surface area contributed by atoms with Gasteiger partial charge < -0.3 is 10.4 Å². The predicted molar refractivity (Wildman–Crippen MR) is 55.9 cm³/mol. The molecule has 1 unspecified atom stereocenters. The van der Waals surface area contributed by atoms with Crippen LogP contribution in [0.5, 0.6) is 0 Å². The molecule has 0 radical (unpaired) electrons. The molecule has 3 heteroatoms. The summed E-state index contributed by atoms with van der Waals surface area (Å²) >= 11 is 0. The summed E-state index contributed by atoms with van der Waals surface area (Å²) in [5.41, 5.74) is 1.73. The molecular weight excluding hydrogens is 181 g/mol. The molecule has 0 aliphatic heterocycles. The topological polar surface area (TPSA) is 32.3 Å². The summed E-state index contributed by atoms with van der Waals surface area (Å²) in [4.78, 5) is 0. The van der Waals surface area contributed by atoms with Gasteiger partial charge in [0.1, 0.15) is 5.82 Å². The van der Waals surface area contributed by atoms with Gasteiger partial charge in [0.25, 0.3) is 0 Å². The molecule has 2 N–H and O–H groups in total. The Hall–Kier alpha value is -1.09. The number of nitrogens with one attached hydrogen (secondary N) is 1. The minimum atomic E-state index is -0.348. The second-order valence-electron chi connectivity index (χ2n) is 3.40. The van der Waals surface area contributed by atoms with Crippen LogP contribution in [-0.4, -0.2) is 17.8 Å². The molecule has 0 bridgehead atoms. The molecule has 0 aliphatic rings. The molecule has 0 saturated heterocycles. The number of aryl methyl sites for hydroxylation is 1. The average Bonchev–Trinajstić information content (AvgIpc) is 2.16. The predicted octanol–water partition coefficient (Wildman–Crippen LogP) is 2.32. The first-order chi connectivity index (χ1) is 6.63. The van der Waals surface area contributed by atoms with Crippen LogP contribution in [0.2, 0.25) is 0 Å². The minimum Gasteiger partial charge on any atom is -0.391 e. The quantitative estimate of drug-likeness (QED) is 0.776. The van der Waals surface area contributed by atoms with E-state index in [0.717, 1.165) is 11.3 Å². The second-order valence-corrected chi connectivity index (χ2v) is 3.40. The molecule has 78 valence electrons. The molecule has 0 aliphatic carbocycles. The molecule has 0 fully saturated rings. The zero-order valence-electron chi connectivity index (χ0n) is 8.55. The first-order valence-corrected chi connectivity index (χ1v) is 4.81. The van der Waals surface area contributed by atoms with Crippen molar-refractivity contribution in [3.8, 4) is 0 Å². The number of aliphatic hydroxyl groups excluding tert-OH is 1. The lowest BCUT2D eigenvalue weighted by molar-refractivity contribution is 0.183. The Labute approximate surface area is 83.8 Å². The van der Waals surface area contributed by atoms with Crippen molar-refractivity contribution in [2.75, 3.05) is 11.9 Å².